The fourth-order valence-corrected chi connectivity index (χ4v) is 3.05. The molecule has 0 bridgehead atoms. The van der Waals surface area contributed by atoms with Gasteiger partial charge in [0.25, 0.3) is 0 Å². The summed E-state index contributed by atoms with van der Waals surface area (Å²) < 4.78 is 1.87. The number of nitrogens with zero attached hydrogens (tertiary/aromatic N) is 3. The summed E-state index contributed by atoms with van der Waals surface area (Å²) in [5.74, 6) is 2.38. The summed E-state index contributed by atoms with van der Waals surface area (Å²) in [4.78, 5) is 4.33. The normalized spacial score (nSPS) is 29.5. The molecule has 1 aromatic heterocycles. The molecule has 0 aromatic carbocycles. The molecule has 4 heteroatoms. The Morgan fingerprint density at radius 1 is 1.39 bits per heavy atom. The quantitative estimate of drug-likeness (QED) is 0.875. The smallest absolute Gasteiger partial charge is 0.138 e. The lowest BCUT2D eigenvalue weighted by Gasteiger charge is -2.40. The Kier molecular flexibility index (Phi) is 3.76. The standard InChI is InChI=1S/C14H26N4/c1-14(2,3)11-5-6-12(15)10(7-11)8-13-16-9-17-18(13)4/h9-12H,5-8,15H2,1-4H3. The Bertz CT molecular complexity index is 391. The second-order valence-corrected chi connectivity index (χ2v) is 6.80. The van der Waals surface area contributed by atoms with Crippen molar-refractivity contribution >= 4 is 0 Å². The Balaban J connectivity index is 2.04. The Hall–Kier alpha value is -0.900. The molecule has 1 aromatic rings. The van der Waals surface area contributed by atoms with Gasteiger partial charge in [-0.05, 0) is 36.5 Å². The fraction of sp³-hybridized carbons (Fsp3) is 0.857. The van der Waals surface area contributed by atoms with E-state index in [0.717, 1.165) is 24.6 Å². The van der Waals surface area contributed by atoms with Crippen molar-refractivity contribution in [2.75, 3.05) is 0 Å². The van der Waals surface area contributed by atoms with Gasteiger partial charge in [-0.3, -0.25) is 4.68 Å². The molecule has 2 rings (SSSR count). The predicted octanol–water partition coefficient (Wildman–Crippen LogP) is 2.15. The van der Waals surface area contributed by atoms with E-state index in [2.05, 4.69) is 30.9 Å². The van der Waals surface area contributed by atoms with Crippen LogP contribution in [0.5, 0.6) is 0 Å². The van der Waals surface area contributed by atoms with Gasteiger partial charge in [-0.15, -0.1) is 0 Å². The fourth-order valence-electron chi connectivity index (χ4n) is 3.05. The van der Waals surface area contributed by atoms with Crippen molar-refractivity contribution in [3.05, 3.63) is 12.2 Å². The van der Waals surface area contributed by atoms with Crippen molar-refractivity contribution < 1.29 is 0 Å². The van der Waals surface area contributed by atoms with E-state index >= 15 is 0 Å². The molecule has 1 aliphatic rings. The molecule has 0 saturated heterocycles. The zero-order valence-corrected chi connectivity index (χ0v) is 12.1. The summed E-state index contributed by atoms with van der Waals surface area (Å²) in [6.07, 6.45) is 6.22. The molecule has 1 fully saturated rings. The first kappa shape index (κ1) is 13.5. The van der Waals surface area contributed by atoms with E-state index in [1.54, 1.807) is 6.33 Å². The van der Waals surface area contributed by atoms with E-state index in [4.69, 9.17) is 5.73 Å². The van der Waals surface area contributed by atoms with Crippen LogP contribution in [-0.2, 0) is 13.5 Å². The second kappa shape index (κ2) is 5.00. The summed E-state index contributed by atoms with van der Waals surface area (Å²) in [6.45, 7) is 7.02. The molecule has 1 saturated carbocycles. The summed E-state index contributed by atoms with van der Waals surface area (Å²) in [7, 11) is 1.96. The van der Waals surface area contributed by atoms with Crippen LogP contribution >= 0.6 is 0 Å². The molecule has 1 heterocycles. The highest BCUT2D eigenvalue weighted by Crippen LogP contribution is 2.40. The molecule has 0 radical (unpaired) electrons. The van der Waals surface area contributed by atoms with Crippen LogP contribution in [0.25, 0.3) is 0 Å². The SMILES string of the molecule is Cn1ncnc1CC1CC(C(C)(C)C)CCC1N. The monoisotopic (exact) mass is 250 g/mol. The number of rotatable bonds is 2. The van der Waals surface area contributed by atoms with Crippen LogP contribution in [0.4, 0.5) is 0 Å². The third-order valence-corrected chi connectivity index (χ3v) is 4.52. The van der Waals surface area contributed by atoms with Gasteiger partial charge in [-0.25, -0.2) is 4.98 Å². The highest BCUT2D eigenvalue weighted by atomic mass is 15.3. The third kappa shape index (κ3) is 2.91. The zero-order valence-electron chi connectivity index (χ0n) is 12.1. The maximum atomic E-state index is 6.29. The number of aryl methyl sites for hydroxylation is 1. The predicted molar refractivity (Wildman–Crippen MR) is 73.0 cm³/mol. The maximum Gasteiger partial charge on any atom is 0.138 e. The largest absolute Gasteiger partial charge is 0.327 e. The summed E-state index contributed by atoms with van der Waals surface area (Å²) in [6, 6.07) is 0.320. The van der Waals surface area contributed by atoms with Gasteiger partial charge in [0.05, 0.1) is 0 Å². The minimum Gasteiger partial charge on any atom is -0.327 e. The number of aromatic nitrogens is 3. The topological polar surface area (TPSA) is 56.7 Å². The van der Waals surface area contributed by atoms with Crippen molar-refractivity contribution in [1.82, 2.24) is 14.8 Å². The minimum absolute atomic E-state index is 0.320. The van der Waals surface area contributed by atoms with E-state index in [1.807, 2.05) is 11.7 Å². The molecule has 102 valence electrons. The van der Waals surface area contributed by atoms with E-state index < -0.39 is 0 Å². The molecular weight excluding hydrogens is 224 g/mol. The second-order valence-electron chi connectivity index (χ2n) is 6.80. The average Bonchev–Trinajstić information content (AvgIpc) is 2.66. The highest BCUT2D eigenvalue weighted by Gasteiger charge is 2.34. The Labute approximate surface area is 110 Å². The molecule has 3 unspecified atom stereocenters. The first-order chi connectivity index (χ1) is 8.38. The molecule has 0 amide bonds. The van der Waals surface area contributed by atoms with Crippen molar-refractivity contribution in [3.63, 3.8) is 0 Å². The van der Waals surface area contributed by atoms with Crippen LogP contribution in [0.3, 0.4) is 0 Å². The first-order valence-corrected chi connectivity index (χ1v) is 6.96. The van der Waals surface area contributed by atoms with Crippen LogP contribution in [0.15, 0.2) is 6.33 Å². The molecule has 0 spiro atoms. The van der Waals surface area contributed by atoms with Crippen LogP contribution < -0.4 is 5.73 Å². The molecule has 3 atom stereocenters. The first-order valence-electron chi connectivity index (χ1n) is 6.96. The Morgan fingerprint density at radius 3 is 2.67 bits per heavy atom. The Morgan fingerprint density at radius 2 is 2.11 bits per heavy atom. The van der Waals surface area contributed by atoms with Crippen LogP contribution in [0.2, 0.25) is 0 Å². The lowest BCUT2D eigenvalue weighted by Crippen LogP contribution is -2.40. The molecule has 18 heavy (non-hydrogen) atoms. The molecule has 4 nitrogen and oxygen atoms in total. The van der Waals surface area contributed by atoms with Crippen molar-refractivity contribution in [1.29, 1.82) is 0 Å². The maximum absolute atomic E-state index is 6.29. The van der Waals surface area contributed by atoms with Crippen LogP contribution in [0.1, 0.15) is 45.9 Å². The van der Waals surface area contributed by atoms with E-state index in [0.29, 0.717) is 17.4 Å². The van der Waals surface area contributed by atoms with Gasteiger partial charge in [0.2, 0.25) is 0 Å². The third-order valence-electron chi connectivity index (χ3n) is 4.52. The van der Waals surface area contributed by atoms with Gasteiger partial charge >= 0.3 is 0 Å². The van der Waals surface area contributed by atoms with Gasteiger partial charge < -0.3 is 5.73 Å². The van der Waals surface area contributed by atoms with Crippen molar-refractivity contribution in [3.8, 4) is 0 Å². The lowest BCUT2D eigenvalue weighted by molar-refractivity contribution is 0.125. The van der Waals surface area contributed by atoms with Gasteiger partial charge in [0.1, 0.15) is 12.2 Å². The lowest BCUT2D eigenvalue weighted by atomic mass is 9.67. The van der Waals surface area contributed by atoms with Gasteiger partial charge in [-0.2, -0.15) is 5.10 Å². The minimum atomic E-state index is 0.320. The van der Waals surface area contributed by atoms with Crippen molar-refractivity contribution in [2.45, 2.75) is 52.5 Å². The van der Waals surface area contributed by atoms with Gasteiger partial charge in [0.15, 0.2) is 0 Å². The average molecular weight is 250 g/mol. The summed E-state index contributed by atoms with van der Waals surface area (Å²) in [5, 5.41) is 4.14. The number of nitrogens with two attached hydrogens (primary N) is 1. The number of hydrogen-bond acceptors (Lipinski definition) is 3. The summed E-state index contributed by atoms with van der Waals surface area (Å²) in [5.41, 5.74) is 6.68. The van der Waals surface area contributed by atoms with Crippen molar-refractivity contribution in [2.24, 2.45) is 30.0 Å². The van der Waals surface area contributed by atoms with Crippen LogP contribution in [0, 0.1) is 17.3 Å². The van der Waals surface area contributed by atoms with Gasteiger partial charge in [-0.1, -0.05) is 20.8 Å². The summed E-state index contributed by atoms with van der Waals surface area (Å²) >= 11 is 0. The van der Waals surface area contributed by atoms with Crippen LogP contribution in [-0.4, -0.2) is 20.8 Å². The molecular formula is C14H26N4. The highest BCUT2D eigenvalue weighted by molar-refractivity contribution is 4.94. The number of hydrogen-bond donors (Lipinski definition) is 1. The van der Waals surface area contributed by atoms with E-state index in [9.17, 15) is 0 Å². The molecule has 2 N–H and O–H groups in total. The molecule has 0 aliphatic heterocycles. The van der Waals surface area contributed by atoms with E-state index in [1.165, 1.54) is 12.8 Å². The zero-order chi connectivity index (χ0) is 13.3. The molecule has 1 aliphatic carbocycles. The van der Waals surface area contributed by atoms with E-state index in [-0.39, 0.29) is 0 Å². The van der Waals surface area contributed by atoms with Gasteiger partial charge in [0, 0.05) is 19.5 Å².